The van der Waals surface area contributed by atoms with Gasteiger partial charge in [-0.2, -0.15) is 11.8 Å². The molecule has 0 saturated heterocycles. The Labute approximate surface area is 111 Å². The van der Waals surface area contributed by atoms with Gasteiger partial charge in [-0.25, -0.2) is 9.97 Å². The SMILES string of the molecule is CSCCCCNc1ncnc2cc(N)ccc12. The molecule has 0 aliphatic heterocycles. The Bertz CT molecular complexity index is 515. The number of thioether (sulfide) groups is 1. The van der Waals surface area contributed by atoms with Crippen LogP contribution in [0.1, 0.15) is 12.8 Å². The topological polar surface area (TPSA) is 63.8 Å². The normalized spacial score (nSPS) is 10.7. The smallest absolute Gasteiger partial charge is 0.137 e. The molecule has 96 valence electrons. The maximum atomic E-state index is 5.75. The molecule has 2 rings (SSSR count). The van der Waals surface area contributed by atoms with Crippen LogP contribution >= 0.6 is 11.8 Å². The van der Waals surface area contributed by atoms with Crippen molar-refractivity contribution in [2.24, 2.45) is 0 Å². The third kappa shape index (κ3) is 3.26. The van der Waals surface area contributed by atoms with E-state index in [0.29, 0.717) is 0 Å². The average Bonchev–Trinajstić information content (AvgIpc) is 2.38. The molecule has 0 aliphatic rings. The number of nitrogens with zero attached hydrogens (tertiary/aromatic N) is 2. The highest BCUT2D eigenvalue weighted by Gasteiger charge is 2.02. The van der Waals surface area contributed by atoms with Crippen molar-refractivity contribution in [3.05, 3.63) is 24.5 Å². The summed E-state index contributed by atoms with van der Waals surface area (Å²) in [6, 6.07) is 5.72. The lowest BCUT2D eigenvalue weighted by atomic mass is 10.2. The Hall–Kier alpha value is -1.49. The number of fused-ring (bicyclic) bond motifs is 1. The Balaban J connectivity index is 2.04. The number of nitrogen functional groups attached to an aromatic ring is 1. The molecule has 1 heterocycles. The van der Waals surface area contributed by atoms with E-state index >= 15 is 0 Å². The number of hydrogen-bond acceptors (Lipinski definition) is 5. The zero-order valence-electron chi connectivity index (χ0n) is 10.5. The number of anilines is 2. The largest absolute Gasteiger partial charge is 0.399 e. The molecular formula is C13H18N4S. The van der Waals surface area contributed by atoms with Gasteiger partial charge < -0.3 is 11.1 Å². The summed E-state index contributed by atoms with van der Waals surface area (Å²) in [5, 5.41) is 4.39. The molecule has 0 fully saturated rings. The summed E-state index contributed by atoms with van der Waals surface area (Å²) in [6.07, 6.45) is 6.09. The van der Waals surface area contributed by atoms with E-state index in [1.807, 2.05) is 30.0 Å². The molecule has 0 atom stereocenters. The minimum absolute atomic E-state index is 0.729. The molecule has 0 radical (unpaired) electrons. The summed E-state index contributed by atoms with van der Waals surface area (Å²) in [5.74, 6) is 2.10. The first-order valence-electron chi connectivity index (χ1n) is 6.04. The predicted octanol–water partition coefficient (Wildman–Crippen LogP) is 2.77. The van der Waals surface area contributed by atoms with E-state index in [-0.39, 0.29) is 0 Å². The van der Waals surface area contributed by atoms with Crippen molar-refractivity contribution in [3.8, 4) is 0 Å². The van der Waals surface area contributed by atoms with E-state index in [0.717, 1.165) is 35.4 Å². The Kier molecular flexibility index (Phi) is 4.64. The highest BCUT2D eigenvalue weighted by Crippen LogP contribution is 2.21. The molecule has 0 unspecified atom stereocenters. The maximum absolute atomic E-state index is 5.75. The van der Waals surface area contributed by atoms with Crippen LogP contribution in [0.25, 0.3) is 10.9 Å². The fourth-order valence-corrected chi connectivity index (χ4v) is 2.29. The first-order chi connectivity index (χ1) is 8.81. The second kappa shape index (κ2) is 6.44. The van der Waals surface area contributed by atoms with Crippen LogP contribution in [0, 0.1) is 0 Å². The Morgan fingerprint density at radius 3 is 3.00 bits per heavy atom. The zero-order valence-corrected chi connectivity index (χ0v) is 11.3. The van der Waals surface area contributed by atoms with Gasteiger partial charge in [-0.15, -0.1) is 0 Å². The molecular weight excluding hydrogens is 244 g/mol. The molecule has 0 spiro atoms. The highest BCUT2D eigenvalue weighted by molar-refractivity contribution is 7.98. The number of rotatable bonds is 6. The first kappa shape index (κ1) is 13.0. The summed E-state index contributed by atoms with van der Waals surface area (Å²) in [5.41, 5.74) is 7.36. The number of benzene rings is 1. The van der Waals surface area contributed by atoms with E-state index < -0.39 is 0 Å². The summed E-state index contributed by atoms with van der Waals surface area (Å²) in [7, 11) is 0. The number of aromatic nitrogens is 2. The molecule has 18 heavy (non-hydrogen) atoms. The maximum Gasteiger partial charge on any atom is 0.137 e. The van der Waals surface area contributed by atoms with Crippen LogP contribution in [0.4, 0.5) is 11.5 Å². The van der Waals surface area contributed by atoms with Gasteiger partial charge >= 0.3 is 0 Å². The van der Waals surface area contributed by atoms with Crippen molar-refractivity contribution >= 4 is 34.2 Å². The van der Waals surface area contributed by atoms with Crippen LogP contribution in [0.2, 0.25) is 0 Å². The lowest BCUT2D eigenvalue weighted by Gasteiger charge is -2.08. The second-order valence-corrected chi connectivity index (χ2v) is 5.11. The van der Waals surface area contributed by atoms with Gasteiger partial charge in [0.15, 0.2) is 0 Å². The van der Waals surface area contributed by atoms with Gasteiger partial charge in [0, 0.05) is 17.6 Å². The average molecular weight is 262 g/mol. The van der Waals surface area contributed by atoms with Crippen LogP contribution in [0.15, 0.2) is 24.5 Å². The van der Waals surface area contributed by atoms with E-state index in [2.05, 4.69) is 21.5 Å². The summed E-state index contributed by atoms with van der Waals surface area (Å²) >= 11 is 1.88. The Morgan fingerprint density at radius 1 is 1.28 bits per heavy atom. The number of hydrogen-bond donors (Lipinski definition) is 2. The molecule has 3 N–H and O–H groups in total. The molecule has 1 aromatic heterocycles. The zero-order chi connectivity index (χ0) is 12.8. The van der Waals surface area contributed by atoms with Crippen LogP contribution in [0.5, 0.6) is 0 Å². The molecule has 0 amide bonds. The molecule has 2 aromatic rings. The van der Waals surface area contributed by atoms with Crippen LogP contribution < -0.4 is 11.1 Å². The fourth-order valence-electron chi connectivity index (χ4n) is 1.79. The van der Waals surface area contributed by atoms with Gasteiger partial charge in [0.05, 0.1) is 5.52 Å². The predicted molar refractivity (Wildman–Crippen MR) is 80.1 cm³/mol. The van der Waals surface area contributed by atoms with Gasteiger partial charge in [-0.3, -0.25) is 0 Å². The van der Waals surface area contributed by atoms with Gasteiger partial charge in [0.2, 0.25) is 0 Å². The van der Waals surface area contributed by atoms with Crippen LogP contribution in [-0.2, 0) is 0 Å². The third-order valence-corrected chi connectivity index (χ3v) is 3.43. The minimum Gasteiger partial charge on any atom is -0.399 e. The van der Waals surface area contributed by atoms with Crippen molar-refractivity contribution in [1.29, 1.82) is 0 Å². The standard InChI is InChI=1S/C13H18N4S/c1-18-7-3-2-6-15-13-11-5-4-10(14)8-12(11)16-9-17-13/h4-5,8-9H,2-3,6-7,14H2,1H3,(H,15,16,17). The summed E-state index contributed by atoms with van der Waals surface area (Å²) < 4.78 is 0. The van der Waals surface area contributed by atoms with E-state index in [1.54, 1.807) is 6.33 Å². The lowest BCUT2D eigenvalue weighted by molar-refractivity contribution is 0.840. The minimum atomic E-state index is 0.729. The number of unbranched alkanes of at least 4 members (excludes halogenated alkanes) is 1. The van der Waals surface area contributed by atoms with Crippen molar-refractivity contribution in [3.63, 3.8) is 0 Å². The molecule has 5 heteroatoms. The fraction of sp³-hybridized carbons (Fsp3) is 0.385. The highest BCUT2D eigenvalue weighted by atomic mass is 32.2. The van der Waals surface area contributed by atoms with Crippen LogP contribution in [0.3, 0.4) is 0 Å². The van der Waals surface area contributed by atoms with E-state index in [4.69, 9.17) is 5.73 Å². The third-order valence-electron chi connectivity index (χ3n) is 2.73. The summed E-state index contributed by atoms with van der Waals surface area (Å²) in [4.78, 5) is 8.51. The number of nitrogens with one attached hydrogen (secondary N) is 1. The molecule has 0 saturated carbocycles. The van der Waals surface area contributed by atoms with Crippen molar-refractivity contribution < 1.29 is 0 Å². The molecule has 0 aliphatic carbocycles. The number of nitrogens with two attached hydrogens (primary N) is 1. The van der Waals surface area contributed by atoms with Crippen molar-refractivity contribution in [2.75, 3.05) is 29.6 Å². The lowest BCUT2D eigenvalue weighted by Crippen LogP contribution is -2.04. The monoisotopic (exact) mass is 262 g/mol. The van der Waals surface area contributed by atoms with Crippen LogP contribution in [-0.4, -0.2) is 28.5 Å². The quantitative estimate of drug-likeness (QED) is 0.619. The summed E-state index contributed by atoms with van der Waals surface area (Å²) in [6.45, 7) is 0.942. The molecule has 1 aromatic carbocycles. The van der Waals surface area contributed by atoms with Gasteiger partial charge in [-0.1, -0.05) is 0 Å². The van der Waals surface area contributed by atoms with Crippen molar-refractivity contribution in [1.82, 2.24) is 9.97 Å². The van der Waals surface area contributed by atoms with Gasteiger partial charge in [0.25, 0.3) is 0 Å². The van der Waals surface area contributed by atoms with Gasteiger partial charge in [-0.05, 0) is 43.0 Å². The molecule has 0 bridgehead atoms. The van der Waals surface area contributed by atoms with Crippen molar-refractivity contribution in [2.45, 2.75) is 12.8 Å². The second-order valence-electron chi connectivity index (χ2n) is 4.13. The van der Waals surface area contributed by atoms with E-state index in [9.17, 15) is 0 Å². The first-order valence-corrected chi connectivity index (χ1v) is 7.43. The van der Waals surface area contributed by atoms with E-state index in [1.165, 1.54) is 12.2 Å². The molecule has 4 nitrogen and oxygen atoms in total. The van der Waals surface area contributed by atoms with Gasteiger partial charge in [0.1, 0.15) is 12.1 Å². The Morgan fingerprint density at radius 2 is 2.17 bits per heavy atom.